The first-order valence-electron chi connectivity index (χ1n) is 10.9. The number of benzene rings is 1. The van der Waals surface area contributed by atoms with Gasteiger partial charge in [0.05, 0.1) is 11.6 Å². The summed E-state index contributed by atoms with van der Waals surface area (Å²) >= 11 is 0. The predicted molar refractivity (Wildman–Crippen MR) is 115 cm³/mol. The number of allylic oxidation sites excluding steroid dienone is 1. The van der Waals surface area contributed by atoms with E-state index in [1.165, 1.54) is 12.8 Å². The summed E-state index contributed by atoms with van der Waals surface area (Å²) in [4.78, 5) is 27.4. The summed E-state index contributed by atoms with van der Waals surface area (Å²) in [6.45, 7) is 7.87. The van der Waals surface area contributed by atoms with Crippen LogP contribution in [-0.2, 0) is 9.53 Å². The third-order valence-electron chi connectivity index (χ3n) is 5.92. The molecule has 0 radical (unpaired) electrons. The number of rotatable bonds is 6. The van der Waals surface area contributed by atoms with Gasteiger partial charge in [0.1, 0.15) is 6.10 Å². The van der Waals surface area contributed by atoms with E-state index in [-0.39, 0.29) is 18.1 Å². The zero-order valence-electron chi connectivity index (χ0n) is 17.8. The van der Waals surface area contributed by atoms with Gasteiger partial charge >= 0.3 is 12.0 Å². The lowest BCUT2D eigenvalue weighted by atomic mass is 9.95. The Morgan fingerprint density at radius 2 is 1.69 bits per heavy atom. The Morgan fingerprint density at radius 3 is 2.28 bits per heavy atom. The molecule has 1 aliphatic heterocycles. The van der Waals surface area contributed by atoms with E-state index >= 15 is 0 Å². The molecule has 1 saturated carbocycles. The number of hydrogen-bond donors (Lipinski definition) is 2. The van der Waals surface area contributed by atoms with Crippen molar-refractivity contribution in [3.8, 4) is 0 Å². The van der Waals surface area contributed by atoms with E-state index in [9.17, 15) is 9.59 Å². The van der Waals surface area contributed by atoms with Gasteiger partial charge in [0.2, 0.25) is 0 Å². The molecule has 0 spiro atoms. The topological polar surface area (TPSA) is 70.7 Å². The number of amides is 2. The van der Waals surface area contributed by atoms with Gasteiger partial charge in [0.25, 0.3) is 0 Å². The average molecular weight is 400 g/mol. The number of nitrogens with one attached hydrogen (secondary N) is 2. The van der Waals surface area contributed by atoms with Gasteiger partial charge in [-0.3, -0.25) is 0 Å². The second kappa shape index (κ2) is 9.81. The predicted octanol–water partition coefficient (Wildman–Crippen LogP) is 4.43. The summed E-state index contributed by atoms with van der Waals surface area (Å²) in [6.07, 6.45) is 6.41. The van der Waals surface area contributed by atoms with Gasteiger partial charge in [-0.25, -0.2) is 9.59 Å². The Balaban J connectivity index is 1.82. The van der Waals surface area contributed by atoms with Crippen molar-refractivity contribution in [2.45, 2.75) is 71.4 Å². The molecule has 0 saturated heterocycles. The third kappa shape index (κ3) is 5.11. The quantitative estimate of drug-likeness (QED) is 0.548. The number of urea groups is 1. The second-order valence-corrected chi connectivity index (χ2v) is 7.85. The standard InChI is InChI=1S/C23H33N3O3/c1-4-26(5-2)18-14-12-17(13-15-18)21-20(16(3)24-23(28)25-21)22(27)29-19-10-8-6-7-9-11-19/h12-15,19,21H,4-11H2,1-3H3,(H2,24,25,28). The number of carbonyl (C=O) groups is 2. The first kappa shape index (κ1) is 21.2. The Kier molecular flexibility index (Phi) is 7.18. The highest BCUT2D eigenvalue weighted by molar-refractivity contribution is 5.95. The van der Waals surface area contributed by atoms with E-state index in [4.69, 9.17) is 4.74 Å². The molecule has 29 heavy (non-hydrogen) atoms. The van der Waals surface area contributed by atoms with Crippen molar-refractivity contribution in [1.82, 2.24) is 10.6 Å². The average Bonchev–Trinajstić information content (AvgIpc) is 2.97. The lowest BCUT2D eigenvalue weighted by molar-refractivity contribution is -0.145. The van der Waals surface area contributed by atoms with Crippen LogP contribution in [0.4, 0.5) is 10.5 Å². The van der Waals surface area contributed by atoms with Gasteiger partial charge in [-0.2, -0.15) is 0 Å². The van der Waals surface area contributed by atoms with Gasteiger partial charge in [-0.15, -0.1) is 0 Å². The molecular formula is C23H33N3O3. The van der Waals surface area contributed by atoms with Crippen LogP contribution < -0.4 is 15.5 Å². The Hall–Kier alpha value is -2.50. The zero-order valence-corrected chi connectivity index (χ0v) is 17.8. The van der Waals surface area contributed by atoms with Crippen molar-refractivity contribution in [3.63, 3.8) is 0 Å². The SMILES string of the molecule is CCN(CC)c1ccc(C2NC(=O)NC(C)=C2C(=O)OC2CCCCCC2)cc1. The van der Waals surface area contributed by atoms with Gasteiger partial charge < -0.3 is 20.3 Å². The lowest BCUT2D eigenvalue weighted by Crippen LogP contribution is -2.45. The highest BCUT2D eigenvalue weighted by atomic mass is 16.5. The molecule has 2 N–H and O–H groups in total. The minimum absolute atomic E-state index is 0.0337. The number of hydrogen-bond acceptors (Lipinski definition) is 4. The monoisotopic (exact) mass is 399 g/mol. The van der Waals surface area contributed by atoms with E-state index in [1.54, 1.807) is 6.92 Å². The molecular weight excluding hydrogens is 366 g/mol. The van der Waals surface area contributed by atoms with E-state index in [0.29, 0.717) is 11.3 Å². The molecule has 1 aliphatic carbocycles. The van der Waals surface area contributed by atoms with Crippen molar-refractivity contribution >= 4 is 17.7 Å². The number of anilines is 1. The Bertz CT molecular complexity index is 745. The second-order valence-electron chi connectivity index (χ2n) is 7.85. The molecule has 2 amide bonds. The Labute approximate surface area is 173 Å². The fraction of sp³-hybridized carbons (Fsp3) is 0.565. The summed E-state index contributed by atoms with van der Waals surface area (Å²) in [6, 6.07) is 7.24. The van der Waals surface area contributed by atoms with Crippen LogP contribution in [0.2, 0.25) is 0 Å². The van der Waals surface area contributed by atoms with E-state index in [0.717, 1.165) is 50.0 Å². The molecule has 1 unspecified atom stereocenters. The number of ether oxygens (including phenoxy) is 1. The maximum atomic E-state index is 13.1. The first-order valence-corrected chi connectivity index (χ1v) is 10.9. The molecule has 1 atom stereocenters. The van der Waals surface area contributed by atoms with E-state index in [1.807, 2.05) is 24.3 Å². The number of carbonyl (C=O) groups excluding carboxylic acids is 2. The van der Waals surface area contributed by atoms with Gasteiger partial charge in [-0.05, 0) is 64.2 Å². The summed E-state index contributed by atoms with van der Waals surface area (Å²) in [5.41, 5.74) is 3.06. The molecule has 1 heterocycles. The van der Waals surface area contributed by atoms with Crippen LogP contribution in [0.3, 0.4) is 0 Å². The molecule has 1 aromatic carbocycles. The number of nitrogens with zero attached hydrogens (tertiary/aromatic N) is 1. The van der Waals surface area contributed by atoms with Crippen LogP contribution in [0.15, 0.2) is 35.5 Å². The normalized spacial score (nSPS) is 20.5. The summed E-state index contributed by atoms with van der Waals surface area (Å²) in [5, 5.41) is 5.63. The zero-order chi connectivity index (χ0) is 20.8. The minimum Gasteiger partial charge on any atom is -0.459 e. The smallest absolute Gasteiger partial charge is 0.338 e. The number of esters is 1. The molecule has 158 valence electrons. The molecule has 0 aromatic heterocycles. The highest BCUT2D eigenvalue weighted by Gasteiger charge is 2.33. The van der Waals surface area contributed by atoms with Crippen LogP contribution >= 0.6 is 0 Å². The van der Waals surface area contributed by atoms with Crippen LogP contribution in [0.5, 0.6) is 0 Å². The van der Waals surface area contributed by atoms with Crippen molar-refractivity contribution in [2.24, 2.45) is 0 Å². The van der Waals surface area contributed by atoms with Crippen LogP contribution in [-0.4, -0.2) is 31.2 Å². The fourth-order valence-corrected chi connectivity index (χ4v) is 4.26. The maximum Gasteiger partial charge on any atom is 0.338 e. The molecule has 1 fully saturated rings. The molecule has 1 aromatic rings. The van der Waals surface area contributed by atoms with Crippen molar-refractivity contribution in [1.29, 1.82) is 0 Å². The summed E-state index contributed by atoms with van der Waals surface area (Å²) < 4.78 is 5.87. The van der Waals surface area contributed by atoms with E-state index in [2.05, 4.69) is 29.4 Å². The van der Waals surface area contributed by atoms with Crippen molar-refractivity contribution < 1.29 is 14.3 Å². The third-order valence-corrected chi connectivity index (χ3v) is 5.92. The van der Waals surface area contributed by atoms with Crippen LogP contribution in [0.1, 0.15) is 70.9 Å². The maximum absolute atomic E-state index is 13.1. The fourth-order valence-electron chi connectivity index (χ4n) is 4.26. The first-order chi connectivity index (χ1) is 14.0. The summed E-state index contributed by atoms with van der Waals surface area (Å²) in [5.74, 6) is -0.334. The molecule has 2 aliphatic rings. The molecule has 6 heteroatoms. The van der Waals surface area contributed by atoms with Crippen LogP contribution in [0.25, 0.3) is 0 Å². The largest absolute Gasteiger partial charge is 0.459 e. The van der Waals surface area contributed by atoms with Crippen molar-refractivity contribution in [2.75, 3.05) is 18.0 Å². The lowest BCUT2D eigenvalue weighted by Gasteiger charge is -2.29. The van der Waals surface area contributed by atoms with Gasteiger partial charge in [0, 0.05) is 24.5 Å². The van der Waals surface area contributed by atoms with Gasteiger partial charge in [-0.1, -0.05) is 25.0 Å². The van der Waals surface area contributed by atoms with E-state index < -0.39 is 6.04 Å². The molecule has 0 bridgehead atoms. The minimum atomic E-state index is -0.507. The summed E-state index contributed by atoms with van der Waals surface area (Å²) in [7, 11) is 0. The Morgan fingerprint density at radius 1 is 1.07 bits per heavy atom. The highest BCUT2D eigenvalue weighted by Crippen LogP contribution is 2.30. The van der Waals surface area contributed by atoms with Crippen molar-refractivity contribution in [3.05, 3.63) is 41.1 Å². The van der Waals surface area contributed by atoms with Crippen LogP contribution in [0, 0.1) is 0 Å². The molecule has 6 nitrogen and oxygen atoms in total. The van der Waals surface area contributed by atoms with Gasteiger partial charge in [0.15, 0.2) is 0 Å². The molecule has 3 rings (SSSR count).